The quantitative estimate of drug-likeness (QED) is 0.807. The monoisotopic (exact) mass is 222 g/mol. The molecule has 1 aromatic rings. The van der Waals surface area contributed by atoms with Gasteiger partial charge in [-0.1, -0.05) is 0 Å². The second kappa shape index (κ2) is 4.70. The zero-order valence-corrected chi connectivity index (χ0v) is 9.52. The molecule has 1 atom stereocenters. The summed E-state index contributed by atoms with van der Waals surface area (Å²) in [6.07, 6.45) is 5.52. The third-order valence-corrected chi connectivity index (χ3v) is 3.13. The lowest BCUT2D eigenvalue weighted by molar-refractivity contribution is 0.0907. The van der Waals surface area contributed by atoms with Gasteiger partial charge in [0.15, 0.2) is 0 Å². The molecule has 1 fully saturated rings. The van der Waals surface area contributed by atoms with E-state index in [-0.39, 0.29) is 18.6 Å². The Morgan fingerprint density at radius 3 is 3.00 bits per heavy atom. The number of rotatable bonds is 4. The molecule has 4 nitrogen and oxygen atoms in total. The van der Waals surface area contributed by atoms with Gasteiger partial charge in [-0.05, 0) is 38.3 Å². The fourth-order valence-electron chi connectivity index (χ4n) is 1.91. The molecule has 0 radical (unpaired) electrons. The maximum Gasteiger partial charge on any atom is 0.268 e. The highest BCUT2D eigenvalue weighted by Gasteiger charge is 2.23. The molecule has 1 aliphatic carbocycles. The summed E-state index contributed by atoms with van der Waals surface area (Å²) < 4.78 is 2.04. The van der Waals surface area contributed by atoms with Crippen LogP contribution in [0.1, 0.15) is 42.7 Å². The number of carbonyl (C=O) groups excluding carboxylic acids is 1. The van der Waals surface area contributed by atoms with Crippen LogP contribution in [0, 0.1) is 0 Å². The van der Waals surface area contributed by atoms with E-state index in [1.165, 1.54) is 6.42 Å². The third kappa shape index (κ3) is 2.11. The van der Waals surface area contributed by atoms with Crippen LogP contribution in [0.2, 0.25) is 0 Å². The molecule has 4 heteroatoms. The minimum Gasteiger partial charge on any atom is -0.394 e. The van der Waals surface area contributed by atoms with Gasteiger partial charge in [0.25, 0.3) is 5.91 Å². The van der Waals surface area contributed by atoms with Gasteiger partial charge in [-0.2, -0.15) is 0 Å². The van der Waals surface area contributed by atoms with Gasteiger partial charge in [0.2, 0.25) is 0 Å². The fraction of sp³-hybridized carbons (Fsp3) is 0.583. The van der Waals surface area contributed by atoms with Crippen LogP contribution in [0.15, 0.2) is 18.3 Å². The number of carbonyl (C=O) groups is 1. The molecule has 2 N–H and O–H groups in total. The molecule has 1 amide bonds. The predicted octanol–water partition coefficient (Wildman–Crippen LogP) is 1.32. The normalized spacial score (nSPS) is 17.9. The highest BCUT2D eigenvalue weighted by molar-refractivity contribution is 5.93. The van der Waals surface area contributed by atoms with Crippen molar-refractivity contribution in [1.29, 1.82) is 0 Å². The molecule has 1 aromatic heterocycles. The zero-order chi connectivity index (χ0) is 11.5. The van der Waals surface area contributed by atoms with Crippen molar-refractivity contribution in [1.82, 2.24) is 9.88 Å². The Balaban J connectivity index is 2.07. The molecule has 16 heavy (non-hydrogen) atoms. The minimum atomic E-state index is -0.197. The summed E-state index contributed by atoms with van der Waals surface area (Å²) in [4.78, 5) is 11.9. The Morgan fingerprint density at radius 1 is 1.69 bits per heavy atom. The zero-order valence-electron chi connectivity index (χ0n) is 9.52. The summed E-state index contributed by atoms with van der Waals surface area (Å²) in [7, 11) is 0. The molecular weight excluding hydrogens is 204 g/mol. The first-order valence-electron chi connectivity index (χ1n) is 5.81. The van der Waals surface area contributed by atoms with Crippen LogP contribution >= 0.6 is 0 Å². The van der Waals surface area contributed by atoms with Crippen molar-refractivity contribution in [3.63, 3.8) is 0 Å². The number of hydrogen-bond acceptors (Lipinski definition) is 2. The standard InChI is InChI=1S/C12H18N2O2/c1-9(8-15)13-12(16)11-6-3-7-14(11)10-4-2-5-10/h3,6-7,9-10,15H,2,4-5,8H2,1H3,(H,13,16)/t9-/m1/s1. The number of nitrogens with one attached hydrogen (secondary N) is 1. The van der Waals surface area contributed by atoms with Gasteiger partial charge in [-0.3, -0.25) is 4.79 Å². The SMILES string of the molecule is C[C@H](CO)NC(=O)c1cccn1C1CCC1. The van der Waals surface area contributed by atoms with Crippen LogP contribution < -0.4 is 5.32 Å². The molecule has 0 aromatic carbocycles. The average molecular weight is 222 g/mol. The van der Waals surface area contributed by atoms with Crippen LogP contribution in [-0.2, 0) is 0 Å². The molecule has 88 valence electrons. The highest BCUT2D eigenvalue weighted by Crippen LogP contribution is 2.32. The van der Waals surface area contributed by atoms with E-state index in [0.29, 0.717) is 11.7 Å². The highest BCUT2D eigenvalue weighted by atomic mass is 16.3. The number of hydrogen-bond donors (Lipinski definition) is 2. The number of amides is 1. The number of aromatic nitrogens is 1. The van der Waals surface area contributed by atoms with Crippen molar-refractivity contribution in [2.24, 2.45) is 0 Å². The first kappa shape index (κ1) is 11.2. The lowest BCUT2D eigenvalue weighted by atomic mass is 9.93. The Bertz CT molecular complexity index is 369. The van der Waals surface area contributed by atoms with Crippen molar-refractivity contribution < 1.29 is 9.90 Å². The number of aliphatic hydroxyl groups is 1. The molecule has 0 bridgehead atoms. The topological polar surface area (TPSA) is 54.3 Å². The smallest absolute Gasteiger partial charge is 0.268 e. The Kier molecular flexibility index (Phi) is 3.29. The Labute approximate surface area is 95.3 Å². The Hall–Kier alpha value is -1.29. The lowest BCUT2D eigenvalue weighted by Gasteiger charge is -2.29. The first-order chi connectivity index (χ1) is 7.72. The molecule has 1 saturated carbocycles. The van der Waals surface area contributed by atoms with Gasteiger partial charge >= 0.3 is 0 Å². The van der Waals surface area contributed by atoms with Crippen LogP contribution in [0.5, 0.6) is 0 Å². The second-order valence-electron chi connectivity index (χ2n) is 4.44. The molecule has 1 aliphatic rings. The van der Waals surface area contributed by atoms with Gasteiger partial charge in [0.1, 0.15) is 5.69 Å². The summed E-state index contributed by atoms with van der Waals surface area (Å²) in [5.74, 6) is -0.0987. The van der Waals surface area contributed by atoms with Crippen LogP contribution in [0.25, 0.3) is 0 Å². The molecule has 2 rings (SSSR count). The molecule has 1 heterocycles. The van der Waals surface area contributed by atoms with E-state index < -0.39 is 0 Å². The van der Waals surface area contributed by atoms with Crippen LogP contribution in [0.4, 0.5) is 0 Å². The molecular formula is C12H18N2O2. The van der Waals surface area contributed by atoms with Gasteiger partial charge in [-0.25, -0.2) is 0 Å². The van der Waals surface area contributed by atoms with Crippen LogP contribution in [-0.4, -0.2) is 28.2 Å². The summed E-state index contributed by atoms with van der Waals surface area (Å²) >= 11 is 0. The van der Waals surface area contributed by atoms with E-state index >= 15 is 0 Å². The van der Waals surface area contributed by atoms with Crippen molar-refractivity contribution >= 4 is 5.91 Å². The molecule has 0 spiro atoms. The predicted molar refractivity (Wildman–Crippen MR) is 61.3 cm³/mol. The van der Waals surface area contributed by atoms with E-state index in [9.17, 15) is 4.79 Å². The van der Waals surface area contributed by atoms with Gasteiger partial charge in [-0.15, -0.1) is 0 Å². The van der Waals surface area contributed by atoms with E-state index in [0.717, 1.165) is 12.8 Å². The summed E-state index contributed by atoms with van der Waals surface area (Å²) in [6, 6.07) is 4.02. The van der Waals surface area contributed by atoms with Crippen molar-refractivity contribution in [3.05, 3.63) is 24.0 Å². The van der Waals surface area contributed by atoms with Gasteiger partial charge < -0.3 is 15.0 Å². The summed E-state index contributed by atoms with van der Waals surface area (Å²) in [5.41, 5.74) is 0.699. The molecule has 0 aliphatic heterocycles. The van der Waals surface area contributed by atoms with Gasteiger partial charge in [0.05, 0.1) is 6.61 Å². The molecule has 0 unspecified atom stereocenters. The van der Waals surface area contributed by atoms with Crippen molar-refractivity contribution in [3.8, 4) is 0 Å². The average Bonchev–Trinajstić information content (AvgIpc) is 2.63. The maximum atomic E-state index is 11.9. The van der Waals surface area contributed by atoms with E-state index in [2.05, 4.69) is 5.32 Å². The number of nitrogens with zero attached hydrogens (tertiary/aromatic N) is 1. The van der Waals surface area contributed by atoms with Crippen LogP contribution in [0.3, 0.4) is 0 Å². The van der Waals surface area contributed by atoms with Crippen molar-refractivity contribution in [2.75, 3.05) is 6.61 Å². The number of aliphatic hydroxyl groups excluding tert-OH is 1. The minimum absolute atomic E-state index is 0.0319. The summed E-state index contributed by atoms with van der Waals surface area (Å²) in [5, 5.41) is 11.7. The summed E-state index contributed by atoms with van der Waals surface area (Å²) in [6.45, 7) is 1.75. The van der Waals surface area contributed by atoms with E-state index in [1.807, 2.05) is 22.9 Å². The largest absolute Gasteiger partial charge is 0.394 e. The fourth-order valence-corrected chi connectivity index (χ4v) is 1.91. The maximum absolute atomic E-state index is 11.9. The van der Waals surface area contributed by atoms with Gasteiger partial charge in [0, 0.05) is 18.3 Å². The first-order valence-corrected chi connectivity index (χ1v) is 5.81. The lowest BCUT2D eigenvalue weighted by Crippen LogP contribution is -2.36. The van der Waals surface area contributed by atoms with E-state index in [1.54, 1.807) is 6.92 Å². The van der Waals surface area contributed by atoms with E-state index in [4.69, 9.17) is 5.11 Å². The Morgan fingerprint density at radius 2 is 2.44 bits per heavy atom. The van der Waals surface area contributed by atoms with Crippen molar-refractivity contribution in [2.45, 2.75) is 38.3 Å². The third-order valence-electron chi connectivity index (χ3n) is 3.13. The molecule has 0 saturated heterocycles. The second-order valence-corrected chi connectivity index (χ2v) is 4.44.